The van der Waals surface area contributed by atoms with Crippen LogP contribution < -0.4 is 14.2 Å². The summed E-state index contributed by atoms with van der Waals surface area (Å²) in [6.07, 6.45) is 16.6. The van der Waals surface area contributed by atoms with Crippen LogP contribution in [0.25, 0.3) is 0 Å². The average Bonchev–Trinajstić information content (AvgIpc) is 3.32. The number of nitrogens with zero attached hydrogens (tertiary/aromatic N) is 2. The van der Waals surface area contributed by atoms with Crippen molar-refractivity contribution in [2.75, 3.05) is 20.3 Å². The van der Waals surface area contributed by atoms with Gasteiger partial charge in [0.1, 0.15) is 5.75 Å². The Kier molecular flexibility index (Phi) is 10.7. The average molecular weight is 589 g/mol. The molecule has 0 saturated heterocycles. The number of ether oxygens (including phenoxy) is 3. The van der Waals surface area contributed by atoms with Crippen LogP contribution in [0.2, 0.25) is 0 Å². The molecule has 0 bridgehead atoms. The van der Waals surface area contributed by atoms with Gasteiger partial charge in [0, 0.05) is 11.5 Å². The van der Waals surface area contributed by atoms with E-state index >= 15 is 0 Å². The van der Waals surface area contributed by atoms with E-state index in [4.69, 9.17) is 24.4 Å². The van der Waals surface area contributed by atoms with Gasteiger partial charge in [-0.2, -0.15) is 5.10 Å². The molecule has 1 saturated carbocycles. The third-order valence-corrected chi connectivity index (χ3v) is 8.84. The van der Waals surface area contributed by atoms with E-state index in [2.05, 4.69) is 18.2 Å². The topological polar surface area (TPSA) is 97.7 Å². The summed E-state index contributed by atoms with van der Waals surface area (Å²) in [4.78, 5) is 24.6. The highest BCUT2D eigenvalue weighted by atomic mass is 16.5. The Bertz CT molecular complexity index is 1300. The van der Waals surface area contributed by atoms with Crippen LogP contribution in [-0.4, -0.2) is 54.1 Å². The zero-order chi connectivity index (χ0) is 30.0. The fourth-order valence-electron chi connectivity index (χ4n) is 6.41. The summed E-state index contributed by atoms with van der Waals surface area (Å²) in [5, 5.41) is 15.9. The highest BCUT2D eigenvalue weighted by Gasteiger charge is 2.42. The number of benzene rings is 2. The van der Waals surface area contributed by atoms with E-state index in [1.54, 1.807) is 31.4 Å². The third-order valence-electron chi connectivity index (χ3n) is 8.84. The maximum atomic E-state index is 13.6. The number of aromatic carboxylic acids is 1. The minimum atomic E-state index is -0.940. The van der Waals surface area contributed by atoms with Crippen molar-refractivity contribution in [2.45, 2.75) is 83.1 Å². The maximum Gasteiger partial charge on any atom is 0.335 e. The molecule has 1 fully saturated rings. The van der Waals surface area contributed by atoms with Crippen LogP contribution in [0.3, 0.4) is 0 Å². The first-order chi connectivity index (χ1) is 21.0. The molecule has 3 aliphatic rings. The Morgan fingerprint density at radius 1 is 0.860 bits per heavy atom. The van der Waals surface area contributed by atoms with Crippen molar-refractivity contribution in [1.82, 2.24) is 5.01 Å². The first-order valence-corrected chi connectivity index (χ1v) is 15.9. The van der Waals surface area contributed by atoms with Crippen molar-refractivity contribution < 1.29 is 28.9 Å². The molecule has 1 N–H and O–H groups in total. The van der Waals surface area contributed by atoms with E-state index in [1.807, 2.05) is 17.1 Å². The van der Waals surface area contributed by atoms with E-state index < -0.39 is 5.97 Å². The third kappa shape index (κ3) is 7.78. The molecule has 43 heavy (non-hydrogen) atoms. The van der Waals surface area contributed by atoms with Gasteiger partial charge in [0.25, 0.3) is 0 Å². The molecule has 1 amide bonds. The summed E-state index contributed by atoms with van der Waals surface area (Å²) in [6, 6.07) is 12.7. The predicted octanol–water partition coefficient (Wildman–Crippen LogP) is 7.26. The van der Waals surface area contributed by atoms with Gasteiger partial charge in [-0.1, -0.05) is 37.8 Å². The first-order valence-electron chi connectivity index (χ1n) is 15.9. The van der Waals surface area contributed by atoms with E-state index in [9.17, 15) is 9.59 Å². The Labute approximate surface area is 254 Å². The number of hydrogen-bond acceptors (Lipinski definition) is 6. The quantitative estimate of drug-likeness (QED) is 0.150. The van der Waals surface area contributed by atoms with Crippen molar-refractivity contribution in [3.63, 3.8) is 0 Å². The van der Waals surface area contributed by atoms with Crippen LogP contribution in [0.4, 0.5) is 0 Å². The summed E-state index contributed by atoms with van der Waals surface area (Å²) in [5.74, 6) is 1.36. The van der Waals surface area contributed by atoms with Crippen molar-refractivity contribution in [2.24, 2.45) is 16.9 Å². The zero-order valence-electron chi connectivity index (χ0n) is 25.2. The fraction of sp³-hybridized carbons (Fsp3) is 0.514. The highest BCUT2D eigenvalue weighted by Crippen LogP contribution is 2.39. The predicted molar refractivity (Wildman–Crippen MR) is 166 cm³/mol. The Hall–Kier alpha value is -3.81. The molecule has 0 radical (unpaired) electrons. The molecule has 230 valence electrons. The number of amides is 1. The molecule has 0 spiro atoms. The second-order valence-corrected chi connectivity index (χ2v) is 11.8. The minimum absolute atomic E-state index is 0.0553. The number of rotatable bonds is 13. The molecule has 2 atom stereocenters. The Balaban J connectivity index is 1.17. The molecule has 2 aromatic carbocycles. The van der Waals surface area contributed by atoms with Crippen molar-refractivity contribution in [3.05, 3.63) is 65.7 Å². The van der Waals surface area contributed by atoms with Gasteiger partial charge >= 0.3 is 5.97 Å². The fourth-order valence-corrected chi connectivity index (χ4v) is 6.41. The SMILES string of the molecule is COc1ccc(C2=NN(C3CCCCCC3)C(=O)[C@H]3CC=CC[C@@H]23)cc1OCCCCCCOc1ccc(C(=O)O)cc1. The highest BCUT2D eigenvalue weighted by molar-refractivity contribution is 6.07. The van der Waals surface area contributed by atoms with Crippen LogP contribution in [0, 0.1) is 11.8 Å². The van der Waals surface area contributed by atoms with Crippen LogP contribution in [0.15, 0.2) is 59.7 Å². The summed E-state index contributed by atoms with van der Waals surface area (Å²) in [7, 11) is 1.66. The zero-order valence-corrected chi connectivity index (χ0v) is 25.2. The van der Waals surface area contributed by atoms with Crippen LogP contribution >= 0.6 is 0 Å². The molecule has 1 heterocycles. The summed E-state index contributed by atoms with van der Waals surface area (Å²) < 4.78 is 17.6. The maximum absolute atomic E-state index is 13.6. The summed E-state index contributed by atoms with van der Waals surface area (Å²) in [5.41, 5.74) is 2.24. The van der Waals surface area contributed by atoms with Gasteiger partial charge in [0.2, 0.25) is 5.91 Å². The molecular formula is C35H44N2O6. The van der Waals surface area contributed by atoms with E-state index in [0.717, 1.165) is 75.5 Å². The number of carboxylic acid groups (broad SMARTS) is 1. The molecule has 2 aromatic rings. The molecule has 2 aliphatic carbocycles. The van der Waals surface area contributed by atoms with Crippen LogP contribution in [0.5, 0.6) is 17.2 Å². The van der Waals surface area contributed by atoms with Gasteiger partial charge in [0.05, 0.1) is 43.6 Å². The van der Waals surface area contributed by atoms with Gasteiger partial charge in [-0.05, 0) is 93.8 Å². The number of hydrogen-bond donors (Lipinski definition) is 1. The summed E-state index contributed by atoms with van der Waals surface area (Å²) >= 11 is 0. The van der Waals surface area contributed by atoms with Crippen LogP contribution in [-0.2, 0) is 4.79 Å². The first kappa shape index (κ1) is 30.6. The number of fused-ring (bicyclic) bond motifs is 1. The lowest BCUT2D eigenvalue weighted by atomic mass is 9.76. The summed E-state index contributed by atoms with van der Waals surface area (Å²) in [6.45, 7) is 1.16. The number of allylic oxidation sites excluding steroid dienone is 2. The number of unbranched alkanes of at least 4 members (excludes halogenated alkanes) is 3. The van der Waals surface area contributed by atoms with Gasteiger partial charge in [-0.15, -0.1) is 0 Å². The Morgan fingerprint density at radius 3 is 2.21 bits per heavy atom. The second kappa shape index (κ2) is 15.1. The van der Waals surface area contributed by atoms with Gasteiger partial charge in [0.15, 0.2) is 11.5 Å². The molecule has 0 unspecified atom stereocenters. The molecule has 5 rings (SSSR count). The monoisotopic (exact) mass is 588 g/mol. The van der Waals surface area contributed by atoms with E-state index in [1.165, 1.54) is 12.8 Å². The van der Waals surface area contributed by atoms with Gasteiger partial charge in [-0.3, -0.25) is 4.79 Å². The lowest BCUT2D eigenvalue weighted by Crippen LogP contribution is -2.49. The van der Waals surface area contributed by atoms with Crippen LogP contribution in [0.1, 0.15) is 93.0 Å². The van der Waals surface area contributed by atoms with Gasteiger partial charge in [-0.25, -0.2) is 9.80 Å². The lowest BCUT2D eigenvalue weighted by molar-refractivity contribution is -0.140. The standard InChI is InChI=1S/C35H44N2O6/c1-41-31-21-18-26(24-32(31)43-23-11-5-4-10-22-42-28-19-16-25(17-20-28)35(39)40)33-29-14-8-9-15-30(29)34(38)37(36-33)27-12-6-2-3-7-13-27/h8-9,16-21,24,27,29-30H,2-7,10-15,22-23H2,1H3,(H,39,40)/t29-,30+/m1/s1. The molecule has 8 nitrogen and oxygen atoms in total. The Morgan fingerprint density at radius 2 is 1.53 bits per heavy atom. The second-order valence-electron chi connectivity index (χ2n) is 11.8. The lowest BCUT2D eigenvalue weighted by Gasteiger charge is -2.40. The smallest absolute Gasteiger partial charge is 0.335 e. The largest absolute Gasteiger partial charge is 0.494 e. The molecule has 8 heteroatoms. The van der Waals surface area contributed by atoms with Crippen molar-refractivity contribution >= 4 is 17.6 Å². The molecular weight excluding hydrogens is 544 g/mol. The number of carbonyl (C=O) groups excluding carboxylic acids is 1. The molecule has 1 aliphatic heterocycles. The van der Waals surface area contributed by atoms with Crippen molar-refractivity contribution in [1.29, 1.82) is 0 Å². The van der Waals surface area contributed by atoms with E-state index in [-0.39, 0.29) is 29.3 Å². The van der Waals surface area contributed by atoms with Crippen molar-refractivity contribution in [3.8, 4) is 17.2 Å². The number of carbonyl (C=O) groups is 2. The van der Waals surface area contributed by atoms with Gasteiger partial charge < -0.3 is 19.3 Å². The number of carboxylic acids is 1. The number of methoxy groups -OCH3 is 1. The normalized spacial score (nSPS) is 20.6. The minimum Gasteiger partial charge on any atom is -0.494 e. The van der Waals surface area contributed by atoms with E-state index in [0.29, 0.717) is 30.5 Å². The number of hydrazone groups is 1. The molecule has 0 aromatic heterocycles.